The Hall–Kier alpha value is -1.44. The minimum Gasteiger partial charge on any atom is -0.377 e. The first kappa shape index (κ1) is 16.1. The van der Waals surface area contributed by atoms with Crippen LogP contribution in [0.2, 0.25) is 0 Å². The highest BCUT2D eigenvalue weighted by Crippen LogP contribution is 2.35. The number of rotatable bonds is 3. The molecule has 3 aliphatic heterocycles. The number of hydroxylamine groups is 2. The number of carbonyl (C=O) groups is 1. The third kappa shape index (κ3) is 3.20. The van der Waals surface area contributed by atoms with Crippen molar-refractivity contribution in [3.05, 3.63) is 18.0 Å². The second kappa shape index (κ2) is 6.82. The monoisotopic (exact) mass is 334 g/mol. The van der Waals surface area contributed by atoms with Gasteiger partial charge in [-0.3, -0.25) is 19.2 Å². The van der Waals surface area contributed by atoms with Crippen molar-refractivity contribution in [1.82, 2.24) is 19.7 Å². The number of amides is 1. The van der Waals surface area contributed by atoms with Crippen LogP contribution in [-0.4, -0.2) is 64.6 Å². The molecule has 3 fully saturated rings. The molecule has 3 aliphatic rings. The van der Waals surface area contributed by atoms with Gasteiger partial charge in [-0.2, -0.15) is 5.10 Å². The number of carbonyl (C=O) groups excluding carboxylic acids is 1. The molecule has 3 saturated heterocycles. The van der Waals surface area contributed by atoms with Gasteiger partial charge in [0.2, 0.25) is 0 Å². The number of hydrogen-bond acceptors (Lipinski definition) is 5. The number of aryl methyl sites for hydroxylation is 1. The van der Waals surface area contributed by atoms with Crippen LogP contribution in [0.25, 0.3) is 0 Å². The average molecular weight is 334 g/mol. The lowest BCUT2D eigenvalue weighted by Gasteiger charge is -2.41. The van der Waals surface area contributed by atoms with Crippen molar-refractivity contribution in [2.45, 2.75) is 31.9 Å². The Bertz CT molecular complexity index is 584. The van der Waals surface area contributed by atoms with Gasteiger partial charge in [0.15, 0.2) is 0 Å². The van der Waals surface area contributed by atoms with Crippen molar-refractivity contribution in [1.29, 1.82) is 0 Å². The van der Waals surface area contributed by atoms with Crippen molar-refractivity contribution < 1.29 is 14.4 Å². The Morgan fingerprint density at radius 2 is 2.25 bits per heavy atom. The molecule has 7 heteroatoms. The lowest BCUT2D eigenvalue weighted by atomic mass is 9.82. The Morgan fingerprint density at radius 3 is 3.00 bits per heavy atom. The fourth-order valence-corrected chi connectivity index (χ4v) is 4.21. The highest BCUT2D eigenvalue weighted by molar-refractivity contribution is 5.78. The molecule has 3 atom stereocenters. The number of hydrogen-bond donors (Lipinski definition) is 0. The van der Waals surface area contributed by atoms with Crippen LogP contribution in [0.4, 0.5) is 0 Å². The number of piperidine rings is 1. The maximum absolute atomic E-state index is 13.0. The van der Waals surface area contributed by atoms with Gasteiger partial charge in [-0.15, -0.1) is 0 Å². The van der Waals surface area contributed by atoms with Crippen molar-refractivity contribution in [2.75, 3.05) is 32.8 Å². The van der Waals surface area contributed by atoms with Gasteiger partial charge in [0.25, 0.3) is 5.91 Å². The van der Waals surface area contributed by atoms with E-state index in [1.807, 2.05) is 24.1 Å². The number of aromatic nitrogens is 2. The minimum atomic E-state index is -0.0268. The van der Waals surface area contributed by atoms with Gasteiger partial charge in [-0.1, -0.05) is 0 Å². The lowest BCUT2D eigenvalue weighted by Crippen LogP contribution is -2.53. The maximum Gasteiger partial charge on any atom is 0.250 e. The van der Waals surface area contributed by atoms with E-state index in [1.54, 1.807) is 5.06 Å². The summed E-state index contributed by atoms with van der Waals surface area (Å²) >= 11 is 0. The molecule has 0 aliphatic carbocycles. The van der Waals surface area contributed by atoms with Crippen LogP contribution >= 0.6 is 0 Å². The van der Waals surface area contributed by atoms with E-state index in [4.69, 9.17) is 9.57 Å². The van der Waals surface area contributed by atoms with E-state index >= 15 is 0 Å². The normalized spacial score (nSPS) is 31.2. The van der Waals surface area contributed by atoms with Gasteiger partial charge in [0, 0.05) is 57.5 Å². The quantitative estimate of drug-likeness (QED) is 0.819. The van der Waals surface area contributed by atoms with Crippen molar-refractivity contribution in [3.63, 3.8) is 0 Å². The Morgan fingerprint density at radius 1 is 1.33 bits per heavy atom. The van der Waals surface area contributed by atoms with E-state index in [0.29, 0.717) is 12.5 Å². The van der Waals surface area contributed by atoms with Crippen molar-refractivity contribution >= 4 is 5.91 Å². The van der Waals surface area contributed by atoms with Gasteiger partial charge in [0.1, 0.15) is 0 Å². The summed E-state index contributed by atoms with van der Waals surface area (Å²) in [6.07, 6.45) is 7.14. The maximum atomic E-state index is 13.0. The molecule has 1 amide bonds. The van der Waals surface area contributed by atoms with Crippen LogP contribution in [-0.2, 0) is 28.0 Å². The molecular weight excluding hydrogens is 308 g/mol. The van der Waals surface area contributed by atoms with Crippen LogP contribution in [0, 0.1) is 11.8 Å². The fourth-order valence-electron chi connectivity index (χ4n) is 4.21. The molecule has 132 valence electrons. The van der Waals surface area contributed by atoms with Gasteiger partial charge < -0.3 is 4.74 Å². The molecule has 1 aromatic rings. The summed E-state index contributed by atoms with van der Waals surface area (Å²) in [7, 11) is 1.93. The van der Waals surface area contributed by atoms with E-state index < -0.39 is 0 Å². The van der Waals surface area contributed by atoms with E-state index in [2.05, 4.69) is 10.00 Å². The van der Waals surface area contributed by atoms with Gasteiger partial charge in [-0.25, -0.2) is 5.06 Å². The first-order chi connectivity index (χ1) is 11.7. The Balaban J connectivity index is 1.47. The van der Waals surface area contributed by atoms with Crippen LogP contribution in [0.15, 0.2) is 12.4 Å². The second-order valence-corrected chi connectivity index (χ2v) is 7.17. The summed E-state index contributed by atoms with van der Waals surface area (Å²) in [4.78, 5) is 20.9. The Labute approximate surface area is 142 Å². The zero-order valence-electron chi connectivity index (χ0n) is 14.3. The number of ether oxygens (including phenoxy) is 1. The first-order valence-corrected chi connectivity index (χ1v) is 8.96. The van der Waals surface area contributed by atoms with Crippen LogP contribution in [0.3, 0.4) is 0 Å². The number of likely N-dealkylation sites (tertiary alicyclic amines) is 1. The molecule has 0 saturated carbocycles. The molecule has 0 bridgehead atoms. The van der Waals surface area contributed by atoms with Crippen molar-refractivity contribution in [2.24, 2.45) is 18.9 Å². The van der Waals surface area contributed by atoms with Gasteiger partial charge >= 0.3 is 0 Å². The molecule has 0 aromatic carbocycles. The topological polar surface area (TPSA) is 59.8 Å². The highest BCUT2D eigenvalue weighted by atomic mass is 16.7. The second-order valence-electron chi connectivity index (χ2n) is 7.17. The largest absolute Gasteiger partial charge is 0.377 e. The Kier molecular flexibility index (Phi) is 4.56. The van der Waals surface area contributed by atoms with Crippen molar-refractivity contribution in [3.8, 4) is 0 Å². The first-order valence-electron chi connectivity index (χ1n) is 8.96. The minimum absolute atomic E-state index is 0.0268. The lowest BCUT2D eigenvalue weighted by molar-refractivity contribution is -0.205. The zero-order chi connectivity index (χ0) is 16.5. The van der Waals surface area contributed by atoms with Gasteiger partial charge in [0.05, 0.1) is 24.8 Å². The standard InChI is InChI=1S/C17H26N4O3/c1-19-9-13(8-18-19)10-20-11-15(14-4-7-23-16(14)12-20)17(22)21-5-2-3-6-24-21/h8-9,14-16H,2-7,10-12H2,1H3/t14-,15-,16+/m1/s1. The van der Waals surface area contributed by atoms with Crippen LogP contribution < -0.4 is 0 Å². The summed E-state index contributed by atoms with van der Waals surface area (Å²) in [5.74, 6) is 0.445. The highest BCUT2D eigenvalue weighted by Gasteiger charge is 2.45. The third-order valence-electron chi connectivity index (χ3n) is 5.40. The molecule has 0 N–H and O–H groups in total. The predicted octanol–water partition coefficient (Wildman–Crippen LogP) is 0.811. The summed E-state index contributed by atoms with van der Waals surface area (Å²) in [6.45, 7) is 4.62. The van der Waals surface area contributed by atoms with E-state index in [9.17, 15) is 4.79 Å². The van der Waals surface area contributed by atoms with E-state index in [1.165, 1.54) is 5.56 Å². The van der Waals surface area contributed by atoms with Crippen LogP contribution in [0.5, 0.6) is 0 Å². The molecule has 7 nitrogen and oxygen atoms in total. The summed E-state index contributed by atoms with van der Waals surface area (Å²) in [5.41, 5.74) is 1.18. The van der Waals surface area contributed by atoms with Gasteiger partial charge in [-0.05, 0) is 19.3 Å². The fraction of sp³-hybridized carbons (Fsp3) is 0.765. The molecule has 0 unspecified atom stereocenters. The summed E-state index contributed by atoms with van der Waals surface area (Å²) < 4.78 is 7.74. The smallest absolute Gasteiger partial charge is 0.250 e. The number of nitrogens with zero attached hydrogens (tertiary/aromatic N) is 4. The molecule has 1 aromatic heterocycles. The molecule has 0 spiro atoms. The molecule has 0 radical (unpaired) electrons. The summed E-state index contributed by atoms with van der Waals surface area (Å²) in [5, 5.41) is 5.85. The molecule has 4 rings (SSSR count). The third-order valence-corrected chi connectivity index (χ3v) is 5.40. The molecule has 4 heterocycles. The molecule has 24 heavy (non-hydrogen) atoms. The zero-order valence-corrected chi connectivity index (χ0v) is 14.3. The number of fused-ring (bicyclic) bond motifs is 1. The van der Waals surface area contributed by atoms with E-state index in [0.717, 1.165) is 52.0 Å². The SMILES string of the molecule is Cn1cc(CN2C[C@@H]3OCC[C@@H]3[C@H](C(=O)N3CCCCO3)C2)cn1. The van der Waals surface area contributed by atoms with Crippen LogP contribution in [0.1, 0.15) is 24.8 Å². The summed E-state index contributed by atoms with van der Waals surface area (Å²) in [6, 6.07) is 0. The molecular formula is C17H26N4O3. The predicted molar refractivity (Wildman–Crippen MR) is 86.7 cm³/mol. The average Bonchev–Trinajstić information content (AvgIpc) is 3.23. The van der Waals surface area contributed by atoms with E-state index in [-0.39, 0.29) is 17.9 Å².